The fraction of sp³-hybridized carbons (Fsp3) is 0.500. The summed E-state index contributed by atoms with van der Waals surface area (Å²) in [6.07, 6.45) is 0.198. The van der Waals surface area contributed by atoms with Crippen molar-refractivity contribution < 1.29 is 4.74 Å². The van der Waals surface area contributed by atoms with Crippen LogP contribution in [0.4, 0.5) is 0 Å². The molecule has 2 unspecified atom stereocenters. The third-order valence-electron chi connectivity index (χ3n) is 3.44. The summed E-state index contributed by atoms with van der Waals surface area (Å²) in [5.74, 6) is 0.613. The Bertz CT molecular complexity index is 405. The third-order valence-corrected chi connectivity index (χ3v) is 3.44. The van der Waals surface area contributed by atoms with Crippen LogP contribution in [-0.4, -0.2) is 36.2 Å². The predicted molar refractivity (Wildman–Crippen MR) is 73.4 cm³/mol. The van der Waals surface area contributed by atoms with Crippen molar-refractivity contribution in [1.82, 2.24) is 4.90 Å². The molecule has 4 heteroatoms. The van der Waals surface area contributed by atoms with Gasteiger partial charge in [-0.15, -0.1) is 0 Å². The van der Waals surface area contributed by atoms with Gasteiger partial charge >= 0.3 is 0 Å². The summed E-state index contributed by atoms with van der Waals surface area (Å²) in [4.78, 5) is 6.59. The van der Waals surface area contributed by atoms with Crippen molar-refractivity contribution in [1.29, 1.82) is 0 Å². The van der Waals surface area contributed by atoms with Crippen molar-refractivity contribution in [2.24, 2.45) is 10.7 Å². The molecule has 1 aliphatic heterocycles. The highest BCUT2D eigenvalue weighted by Crippen LogP contribution is 2.13. The van der Waals surface area contributed by atoms with Crippen molar-refractivity contribution in [3.8, 4) is 0 Å². The predicted octanol–water partition coefficient (Wildman–Crippen LogP) is 1.61. The van der Waals surface area contributed by atoms with Crippen molar-refractivity contribution in [3.63, 3.8) is 0 Å². The summed E-state index contributed by atoms with van der Waals surface area (Å²) >= 11 is 0. The van der Waals surface area contributed by atoms with E-state index in [-0.39, 0.29) is 12.1 Å². The van der Waals surface area contributed by atoms with Gasteiger partial charge in [-0.25, -0.2) is 4.99 Å². The zero-order valence-electron chi connectivity index (χ0n) is 11.0. The van der Waals surface area contributed by atoms with Crippen LogP contribution in [0.3, 0.4) is 0 Å². The standard InChI is InChI=1S/C14H21N3O/c1-11-12(2)18-9-8-17(11)14(15)16-10-13-6-4-3-5-7-13/h3-7,11-12H,8-10H2,1-2H3,(H2,15,16). The molecule has 0 spiro atoms. The van der Waals surface area contributed by atoms with Crippen LogP contribution in [0, 0.1) is 0 Å². The second kappa shape index (κ2) is 5.87. The molecule has 1 heterocycles. The lowest BCUT2D eigenvalue weighted by atomic mass is 10.1. The minimum Gasteiger partial charge on any atom is -0.375 e. The third kappa shape index (κ3) is 3.01. The fourth-order valence-corrected chi connectivity index (χ4v) is 2.10. The van der Waals surface area contributed by atoms with Crippen LogP contribution in [0.5, 0.6) is 0 Å². The molecule has 4 nitrogen and oxygen atoms in total. The molecule has 0 aliphatic carbocycles. The number of nitrogens with two attached hydrogens (primary N) is 1. The number of guanidine groups is 1. The van der Waals surface area contributed by atoms with Crippen LogP contribution in [0.2, 0.25) is 0 Å². The number of ether oxygens (including phenoxy) is 1. The van der Waals surface area contributed by atoms with E-state index in [9.17, 15) is 0 Å². The molecule has 0 bridgehead atoms. The topological polar surface area (TPSA) is 50.9 Å². The lowest BCUT2D eigenvalue weighted by Gasteiger charge is -2.38. The lowest BCUT2D eigenvalue weighted by Crippen LogP contribution is -2.53. The van der Waals surface area contributed by atoms with Crippen LogP contribution in [0.25, 0.3) is 0 Å². The molecule has 2 N–H and O–H groups in total. The van der Waals surface area contributed by atoms with E-state index in [0.717, 1.165) is 6.54 Å². The van der Waals surface area contributed by atoms with E-state index in [1.807, 2.05) is 18.2 Å². The van der Waals surface area contributed by atoms with Crippen LogP contribution in [0.15, 0.2) is 35.3 Å². The summed E-state index contributed by atoms with van der Waals surface area (Å²) in [6.45, 7) is 6.35. The molecule has 0 radical (unpaired) electrons. The SMILES string of the molecule is CC1OCCN(C(N)=NCc2ccccc2)C1C. The molecule has 1 fully saturated rings. The second-order valence-corrected chi connectivity index (χ2v) is 4.67. The smallest absolute Gasteiger partial charge is 0.191 e. The molecule has 98 valence electrons. The fourth-order valence-electron chi connectivity index (χ4n) is 2.10. The Balaban J connectivity index is 1.99. The number of rotatable bonds is 2. The Morgan fingerprint density at radius 2 is 2.11 bits per heavy atom. The van der Waals surface area contributed by atoms with Gasteiger partial charge in [0.25, 0.3) is 0 Å². The summed E-state index contributed by atoms with van der Waals surface area (Å²) in [5, 5.41) is 0. The molecule has 2 rings (SSSR count). The van der Waals surface area contributed by atoms with Gasteiger partial charge in [-0.3, -0.25) is 0 Å². The molecule has 1 aliphatic rings. The maximum atomic E-state index is 6.07. The van der Waals surface area contributed by atoms with Gasteiger partial charge in [0.05, 0.1) is 25.3 Å². The summed E-state index contributed by atoms with van der Waals surface area (Å²) in [5.41, 5.74) is 7.24. The summed E-state index contributed by atoms with van der Waals surface area (Å²) in [6, 6.07) is 10.4. The van der Waals surface area contributed by atoms with Gasteiger partial charge in [0.1, 0.15) is 0 Å². The van der Waals surface area contributed by atoms with E-state index in [4.69, 9.17) is 10.5 Å². The number of hydrogen-bond donors (Lipinski definition) is 1. The number of hydrogen-bond acceptors (Lipinski definition) is 2. The van der Waals surface area contributed by atoms with Gasteiger partial charge < -0.3 is 15.4 Å². The van der Waals surface area contributed by atoms with Crippen LogP contribution in [-0.2, 0) is 11.3 Å². The first-order valence-corrected chi connectivity index (χ1v) is 6.40. The maximum absolute atomic E-state index is 6.07. The molecule has 1 aromatic carbocycles. The Hall–Kier alpha value is -1.55. The van der Waals surface area contributed by atoms with Crippen molar-refractivity contribution in [3.05, 3.63) is 35.9 Å². The van der Waals surface area contributed by atoms with E-state index >= 15 is 0 Å². The molecule has 0 aromatic heterocycles. The quantitative estimate of drug-likeness (QED) is 0.638. The Morgan fingerprint density at radius 1 is 1.39 bits per heavy atom. The molecule has 0 saturated carbocycles. The van der Waals surface area contributed by atoms with Crippen molar-refractivity contribution in [2.75, 3.05) is 13.2 Å². The number of benzene rings is 1. The van der Waals surface area contributed by atoms with Crippen molar-refractivity contribution in [2.45, 2.75) is 32.5 Å². The van der Waals surface area contributed by atoms with Gasteiger partial charge in [0.2, 0.25) is 0 Å². The van der Waals surface area contributed by atoms with Gasteiger partial charge in [-0.2, -0.15) is 0 Å². The van der Waals surface area contributed by atoms with E-state index in [1.54, 1.807) is 0 Å². The van der Waals surface area contributed by atoms with Gasteiger partial charge in [0.15, 0.2) is 5.96 Å². The van der Waals surface area contributed by atoms with Crippen LogP contribution < -0.4 is 5.73 Å². The van der Waals surface area contributed by atoms with E-state index < -0.39 is 0 Å². The highest BCUT2D eigenvalue weighted by molar-refractivity contribution is 5.78. The minimum absolute atomic E-state index is 0.198. The second-order valence-electron chi connectivity index (χ2n) is 4.67. The van der Waals surface area contributed by atoms with Crippen LogP contribution >= 0.6 is 0 Å². The number of nitrogens with zero attached hydrogens (tertiary/aromatic N) is 2. The highest BCUT2D eigenvalue weighted by atomic mass is 16.5. The van der Waals surface area contributed by atoms with Crippen molar-refractivity contribution >= 4 is 5.96 Å². The Morgan fingerprint density at radius 3 is 2.83 bits per heavy atom. The number of morpholine rings is 1. The van der Waals surface area contributed by atoms with Gasteiger partial charge in [-0.05, 0) is 19.4 Å². The molecule has 1 saturated heterocycles. The number of aliphatic imine (C=N–C) groups is 1. The zero-order valence-corrected chi connectivity index (χ0v) is 11.0. The molecule has 18 heavy (non-hydrogen) atoms. The average molecular weight is 247 g/mol. The normalized spacial score (nSPS) is 25.2. The Kier molecular flexibility index (Phi) is 4.20. The van der Waals surface area contributed by atoms with E-state index in [1.165, 1.54) is 5.56 Å². The minimum atomic E-state index is 0.198. The zero-order chi connectivity index (χ0) is 13.0. The molecular formula is C14H21N3O. The largest absolute Gasteiger partial charge is 0.375 e. The first kappa shape index (κ1) is 12.9. The van der Waals surface area contributed by atoms with E-state index in [2.05, 4.69) is 35.9 Å². The molecule has 0 amide bonds. The lowest BCUT2D eigenvalue weighted by molar-refractivity contribution is -0.0289. The van der Waals surface area contributed by atoms with Crippen LogP contribution in [0.1, 0.15) is 19.4 Å². The molecule has 2 atom stereocenters. The first-order valence-electron chi connectivity index (χ1n) is 6.40. The van der Waals surface area contributed by atoms with Gasteiger partial charge in [-0.1, -0.05) is 30.3 Å². The van der Waals surface area contributed by atoms with E-state index in [0.29, 0.717) is 19.1 Å². The molecular weight excluding hydrogens is 226 g/mol. The Labute approximate surface area is 108 Å². The highest BCUT2D eigenvalue weighted by Gasteiger charge is 2.26. The maximum Gasteiger partial charge on any atom is 0.191 e. The summed E-state index contributed by atoms with van der Waals surface area (Å²) in [7, 11) is 0. The average Bonchev–Trinajstić information content (AvgIpc) is 2.40. The first-order chi connectivity index (χ1) is 8.68. The van der Waals surface area contributed by atoms with Gasteiger partial charge in [0, 0.05) is 6.54 Å². The monoisotopic (exact) mass is 247 g/mol. The summed E-state index contributed by atoms with van der Waals surface area (Å²) < 4.78 is 5.58. The molecule has 1 aromatic rings.